The Morgan fingerprint density at radius 1 is 1.40 bits per heavy atom. The van der Waals surface area contributed by atoms with E-state index in [1.807, 2.05) is 24.5 Å². The predicted octanol–water partition coefficient (Wildman–Crippen LogP) is 2.94. The van der Waals surface area contributed by atoms with Crippen LogP contribution >= 0.6 is 11.3 Å². The first-order chi connectivity index (χ1) is 9.78. The fourth-order valence-corrected chi connectivity index (χ4v) is 3.77. The number of hydrogen-bond acceptors (Lipinski definition) is 5. The topological polar surface area (TPSA) is 57.5 Å². The Kier molecular flexibility index (Phi) is 3.98. The molecule has 3 heterocycles. The average molecular weight is 289 g/mol. The van der Waals surface area contributed by atoms with Crippen LogP contribution in [-0.4, -0.2) is 22.9 Å². The number of pyridine rings is 1. The van der Waals surface area contributed by atoms with Crippen molar-refractivity contribution < 1.29 is 5.11 Å². The highest BCUT2D eigenvalue weighted by Crippen LogP contribution is 2.34. The maximum absolute atomic E-state index is 8.93. The number of hydrazone groups is 1. The van der Waals surface area contributed by atoms with Crippen LogP contribution in [0.5, 0.6) is 0 Å². The summed E-state index contributed by atoms with van der Waals surface area (Å²) in [7, 11) is 0. The number of thiophene rings is 1. The molecule has 20 heavy (non-hydrogen) atoms. The van der Waals surface area contributed by atoms with Crippen LogP contribution in [0.4, 0.5) is 0 Å². The number of nitrogens with zero attached hydrogens (tertiary/aromatic N) is 2. The fourth-order valence-electron chi connectivity index (χ4n) is 2.57. The summed E-state index contributed by atoms with van der Waals surface area (Å²) in [5.41, 5.74) is 6.66. The number of hydrogen-bond donors (Lipinski definition) is 2. The lowest BCUT2D eigenvalue weighted by atomic mass is 10.1. The van der Waals surface area contributed by atoms with Crippen molar-refractivity contribution in [3.63, 3.8) is 0 Å². The highest BCUT2D eigenvalue weighted by molar-refractivity contribution is 7.19. The van der Waals surface area contributed by atoms with E-state index in [2.05, 4.69) is 27.6 Å². The maximum atomic E-state index is 8.93. The summed E-state index contributed by atoms with van der Waals surface area (Å²) in [6.45, 7) is 2.31. The van der Waals surface area contributed by atoms with Gasteiger partial charge in [-0.1, -0.05) is 0 Å². The summed E-state index contributed by atoms with van der Waals surface area (Å²) in [5, 5.41) is 13.0. The lowest BCUT2D eigenvalue weighted by Crippen LogP contribution is -2.07. The second kappa shape index (κ2) is 5.89. The van der Waals surface area contributed by atoms with Crippen LogP contribution in [0.3, 0.4) is 0 Å². The van der Waals surface area contributed by atoms with E-state index in [4.69, 9.17) is 5.11 Å². The Labute approximate surface area is 122 Å². The van der Waals surface area contributed by atoms with Crippen molar-refractivity contribution in [1.29, 1.82) is 0 Å². The van der Waals surface area contributed by atoms with Gasteiger partial charge in [-0.2, -0.15) is 5.10 Å². The molecule has 1 aliphatic rings. The Morgan fingerprint density at radius 3 is 3.05 bits per heavy atom. The van der Waals surface area contributed by atoms with E-state index < -0.39 is 0 Å². The van der Waals surface area contributed by atoms with Gasteiger partial charge in [0.25, 0.3) is 0 Å². The lowest BCUT2D eigenvalue weighted by Gasteiger charge is -2.05. The first-order valence-electron chi connectivity index (χ1n) is 7.06. The number of unbranched alkanes of at least 4 members (excludes halogenated alkanes) is 1. The van der Waals surface area contributed by atoms with Gasteiger partial charge in [-0.3, -0.25) is 4.98 Å². The van der Waals surface area contributed by atoms with E-state index >= 15 is 0 Å². The number of fused-ring (bicyclic) bond motifs is 1. The molecule has 0 radical (unpaired) electrons. The predicted molar refractivity (Wildman–Crippen MR) is 83.4 cm³/mol. The summed E-state index contributed by atoms with van der Waals surface area (Å²) in [5.74, 6) is 0. The molecule has 106 valence electrons. The fraction of sp³-hybridized carbons (Fsp3) is 0.467. The molecule has 5 heteroatoms. The van der Waals surface area contributed by atoms with Crippen molar-refractivity contribution in [3.8, 4) is 0 Å². The molecular weight excluding hydrogens is 270 g/mol. The zero-order valence-electron chi connectivity index (χ0n) is 11.6. The van der Waals surface area contributed by atoms with Crippen molar-refractivity contribution in [3.05, 3.63) is 28.3 Å². The minimum atomic E-state index is 0.270. The molecule has 0 bridgehead atoms. The van der Waals surface area contributed by atoms with Gasteiger partial charge in [0.15, 0.2) is 0 Å². The second-order valence-corrected chi connectivity index (χ2v) is 6.28. The number of aryl methyl sites for hydroxylation is 2. The molecule has 1 atom stereocenters. The van der Waals surface area contributed by atoms with E-state index in [9.17, 15) is 0 Å². The molecule has 1 unspecified atom stereocenters. The van der Waals surface area contributed by atoms with Gasteiger partial charge in [-0.25, -0.2) is 0 Å². The van der Waals surface area contributed by atoms with Crippen molar-refractivity contribution in [2.45, 2.75) is 38.6 Å². The number of aromatic nitrogens is 1. The SMILES string of the molecule is Cc1cc(CCCCO)c2sc(C3CC=NN3)cc2n1. The lowest BCUT2D eigenvalue weighted by molar-refractivity contribution is 0.284. The van der Waals surface area contributed by atoms with E-state index in [-0.39, 0.29) is 6.61 Å². The standard InChI is InChI=1S/C15H19N3OS/c1-10-8-11(4-2-3-7-19)15-13(17-10)9-14(20-15)12-5-6-16-18-12/h6,8-9,12,18-19H,2-5,7H2,1H3. The summed E-state index contributed by atoms with van der Waals surface area (Å²) in [6, 6.07) is 4.67. The molecule has 2 N–H and O–H groups in total. The third kappa shape index (κ3) is 2.69. The molecule has 3 rings (SSSR count). The van der Waals surface area contributed by atoms with Gasteiger partial charge in [0.05, 0.1) is 16.3 Å². The van der Waals surface area contributed by atoms with Crippen molar-refractivity contribution in [1.82, 2.24) is 10.4 Å². The van der Waals surface area contributed by atoms with Crippen molar-refractivity contribution in [2.75, 3.05) is 6.61 Å². The zero-order chi connectivity index (χ0) is 13.9. The van der Waals surface area contributed by atoms with Gasteiger partial charge in [-0.05, 0) is 43.9 Å². The Hall–Kier alpha value is -1.46. The molecule has 2 aromatic heterocycles. The summed E-state index contributed by atoms with van der Waals surface area (Å²) >= 11 is 1.82. The van der Waals surface area contributed by atoms with Gasteiger partial charge in [0.2, 0.25) is 0 Å². The number of nitrogens with one attached hydrogen (secondary N) is 1. The molecule has 1 aliphatic heterocycles. The van der Waals surface area contributed by atoms with E-state index in [1.165, 1.54) is 15.1 Å². The monoisotopic (exact) mass is 289 g/mol. The van der Waals surface area contributed by atoms with Gasteiger partial charge in [0, 0.05) is 29.8 Å². The number of aliphatic hydroxyl groups excluding tert-OH is 1. The van der Waals surface area contributed by atoms with Crippen LogP contribution in [0, 0.1) is 6.92 Å². The first-order valence-corrected chi connectivity index (χ1v) is 7.87. The largest absolute Gasteiger partial charge is 0.396 e. The van der Waals surface area contributed by atoms with E-state index in [0.29, 0.717) is 6.04 Å². The first kappa shape index (κ1) is 13.5. The summed E-state index contributed by atoms with van der Waals surface area (Å²) in [4.78, 5) is 5.95. The Morgan fingerprint density at radius 2 is 2.30 bits per heavy atom. The van der Waals surface area contributed by atoms with Crippen molar-refractivity contribution >= 4 is 27.8 Å². The third-order valence-corrected chi connectivity index (χ3v) is 4.88. The molecule has 0 fully saturated rings. The maximum Gasteiger partial charge on any atom is 0.0832 e. The molecule has 0 aliphatic carbocycles. The summed E-state index contributed by atoms with van der Waals surface area (Å²) in [6.07, 6.45) is 5.77. The number of rotatable bonds is 5. The quantitative estimate of drug-likeness (QED) is 0.832. The number of aliphatic hydroxyl groups is 1. The zero-order valence-corrected chi connectivity index (χ0v) is 12.4. The normalized spacial score (nSPS) is 17.8. The van der Waals surface area contributed by atoms with Crippen molar-refractivity contribution in [2.24, 2.45) is 5.10 Å². The van der Waals surface area contributed by atoms with Crippen LogP contribution in [0.15, 0.2) is 17.2 Å². The van der Waals surface area contributed by atoms with Gasteiger partial charge in [-0.15, -0.1) is 11.3 Å². The van der Waals surface area contributed by atoms with E-state index in [1.54, 1.807) is 0 Å². The van der Waals surface area contributed by atoms with E-state index in [0.717, 1.165) is 36.9 Å². The average Bonchev–Trinajstić information content (AvgIpc) is 3.06. The van der Waals surface area contributed by atoms with Gasteiger partial charge < -0.3 is 10.5 Å². The summed E-state index contributed by atoms with van der Waals surface area (Å²) < 4.78 is 1.29. The molecule has 0 saturated heterocycles. The van der Waals surface area contributed by atoms with Crippen LogP contribution in [0.2, 0.25) is 0 Å². The highest BCUT2D eigenvalue weighted by Gasteiger charge is 2.18. The molecule has 4 nitrogen and oxygen atoms in total. The highest BCUT2D eigenvalue weighted by atomic mass is 32.1. The van der Waals surface area contributed by atoms with Crippen LogP contribution in [0.25, 0.3) is 10.2 Å². The third-order valence-electron chi connectivity index (χ3n) is 3.56. The molecule has 2 aromatic rings. The molecule has 0 saturated carbocycles. The molecular formula is C15H19N3OS. The smallest absolute Gasteiger partial charge is 0.0832 e. The molecule has 0 spiro atoms. The van der Waals surface area contributed by atoms with Gasteiger partial charge in [0.1, 0.15) is 0 Å². The second-order valence-electron chi connectivity index (χ2n) is 5.20. The minimum Gasteiger partial charge on any atom is -0.396 e. The van der Waals surface area contributed by atoms with Crippen LogP contribution in [-0.2, 0) is 6.42 Å². The molecule has 0 amide bonds. The van der Waals surface area contributed by atoms with Crippen LogP contribution in [0.1, 0.15) is 41.4 Å². The molecule has 0 aromatic carbocycles. The Balaban J connectivity index is 1.92. The van der Waals surface area contributed by atoms with Gasteiger partial charge >= 0.3 is 0 Å². The van der Waals surface area contributed by atoms with Crippen LogP contribution < -0.4 is 5.43 Å². The Bertz CT molecular complexity index is 627. The minimum absolute atomic E-state index is 0.270.